The third-order valence-corrected chi connectivity index (χ3v) is 7.20. The van der Waals surface area contributed by atoms with Crippen LogP contribution in [0.15, 0.2) is 36.4 Å². The van der Waals surface area contributed by atoms with E-state index in [4.69, 9.17) is 18.9 Å². The van der Waals surface area contributed by atoms with E-state index >= 15 is 0 Å². The van der Waals surface area contributed by atoms with Crippen molar-refractivity contribution in [2.24, 2.45) is 0 Å². The third-order valence-electron chi connectivity index (χ3n) is 4.10. The molecule has 2 aromatic carbocycles. The number of hydrogen-bond acceptors (Lipinski definition) is 7. The van der Waals surface area contributed by atoms with Gasteiger partial charge in [-0.3, -0.25) is 4.79 Å². The molecule has 2 aromatic rings. The van der Waals surface area contributed by atoms with E-state index in [1.165, 1.54) is 5.56 Å². The number of fused-ring (bicyclic) bond motifs is 1. The predicted octanol–water partition coefficient (Wildman–Crippen LogP) is 3.92. The second kappa shape index (κ2) is 8.22. The molecule has 1 fully saturated rings. The molecule has 0 atom stereocenters. The predicted molar refractivity (Wildman–Crippen MR) is 107 cm³/mol. The number of benzene rings is 2. The lowest BCUT2D eigenvalue weighted by Gasteiger charge is -2.14. The second-order valence-electron chi connectivity index (χ2n) is 5.89. The van der Waals surface area contributed by atoms with Crippen LogP contribution in [0.25, 0.3) is 0 Å². The van der Waals surface area contributed by atoms with Crippen molar-refractivity contribution in [3.05, 3.63) is 42.0 Å². The first kappa shape index (κ1) is 18.2. The minimum Gasteiger partial charge on any atom is -0.493 e. The Morgan fingerprint density at radius 2 is 1.93 bits per heavy atom. The van der Waals surface area contributed by atoms with Crippen LogP contribution in [0.4, 0.5) is 5.69 Å². The zero-order valence-corrected chi connectivity index (χ0v) is 16.4. The highest BCUT2D eigenvalue weighted by Crippen LogP contribution is 2.46. The Kier molecular flexibility index (Phi) is 5.54. The quantitative estimate of drug-likeness (QED) is 0.781. The Morgan fingerprint density at radius 3 is 2.74 bits per heavy atom. The summed E-state index contributed by atoms with van der Waals surface area (Å²) in [5.41, 5.74) is 1.84. The molecular weight excluding hydrogens is 386 g/mol. The van der Waals surface area contributed by atoms with Crippen molar-refractivity contribution >= 4 is 35.1 Å². The molecule has 4 rings (SSSR count). The maximum Gasteiger partial charge on any atom is 0.262 e. The molecule has 0 unspecified atom stereocenters. The second-order valence-corrected chi connectivity index (χ2v) is 8.61. The van der Waals surface area contributed by atoms with Crippen LogP contribution in [0, 0.1) is 0 Å². The van der Waals surface area contributed by atoms with E-state index in [2.05, 4.69) is 5.32 Å². The fourth-order valence-corrected chi connectivity index (χ4v) is 5.65. The zero-order chi connectivity index (χ0) is 18.6. The average Bonchev–Trinajstić information content (AvgIpc) is 3.37. The fourth-order valence-electron chi connectivity index (χ4n) is 2.82. The first-order chi connectivity index (χ1) is 13.2. The van der Waals surface area contributed by atoms with Crippen LogP contribution in [0.5, 0.6) is 23.0 Å². The molecule has 1 saturated heterocycles. The Morgan fingerprint density at radius 1 is 1.11 bits per heavy atom. The van der Waals surface area contributed by atoms with Gasteiger partial charge >= 0.3 is 0 Å². The van der Waals surface area contributed by atoms with Crippen molar-refractivity contribution in [1.82, 2.24) is 0 Å². The van der Waals surface area contributed by atoms with E-state index in [9.17, 15) is 4.79 Å². The number of carbonyl (C=O) groups excluding carboxylic acids is 1. The molecule has 2 aliphatic heterocycles. The normalized spacial score (nSPS) is 15.6. The van der Waals surface area contributed by atoms with E-state index in [0.717, 1.165) is 11.5 Å². The van der Waals surface area contributed by atoms with Crippen molar-refractivity contribution in [2.75, 3.05) is 37.3 Å². The summed E-state index contributed by atoms with van der Waals surface area (Å²) in [5.74, 6) is 4.54. The number of rotatable bonds is 6. The highest BCUT2D eigenvalue weighted by atomic mass is 32.2. The van der Waals surface area contributed by atoms with Crippen molar-refractivity contribution < 1.29 is 23.7 Å². The van der Waals surface area contributed by atoms with Gasteiger partial charge in [0.25, 0.3) is 5.91 Å². The molecule has 8 heteroatoms. The molecule has 142 valence electrons. The third kappa shape index (κ3) is 4.22. The lowest BCUT2D eigenvalue weighted by atomic mass is 10.2. The number of carbonyl (C=O) groups is 1. The van der Waals surface area contributed by atoms with Crippen molar-refractivity contribution in [1.29, 1.82) is 0 Å². The first-order valence-electron chi connectivity index (χ1n) is 8.46. The SMILES string of the molecule is COc1cc(C2SCCS2)ccc1OCC(=O)Nc1ccc2c(c1)OCO2. The van der Waals surface area contributed by atoms with Gasteiger partial charge in [0.15, 0.2) is 29.6 Å². The summed E-state index contributed by atoms with van der Waals surface area (Å²) in [6.07, 6.45) is 0. The number of amides is 1. The number of ether oxygens (including phenoxy) is 4. The Labute approximate surface area is 165 Å². The summed E-state index contributed by atoms with van der Waals surface area (Å²) in [6, 6.07) is 11.1. The highest BCUT2D eigenvalue weighted by molar-refractivity contribution is 8.19. The lowest BCUT2D eigenvalue weighted by Crippen LogP contribution is -2.20. The Balaban J connectivity index is 1.36. The van der Waals surface area contributed by atoms with Gasteiger partial charge in [-0.1, -0.05) is 6.07 Å². The number of nitrogens with one attached hydrogen (secondary N) is 1. The van der Waals surface area contributed by atoms with E-state index in [1.807, 2.05) is 41.7 Å². The van der Waals surface area contributed by atoms with Crippen LogP contribution in [0.2, 0.25) is 0 Å². The van der Waals surface area contributed by atoms with Crippen LogP contribution in [-0.4, -0.2) is 37.9 Å². The minimum atomic E-state index is -0.262. The Bertz CT molecular complexity index is 839. The summed E-state index contributed by atoms with van der Waals surface area (Å²) in [5, 5.41) is 2.79. The molecule has 0 bridgehead atoms. The smallest absolute Gasteiger partial charge is 0.262 e. The van der Waals surface area contributed by atoms with Gasteiger partial charge in [-0.25, -0.2) is 0 Å². The lowest BCUT2D eigenvalue weighted by molar-refractivity contribution is -0.118. The molecule has 2 heterocycles. The van der Waals surface area contributed by atoms with Gasteiger partial charge in [0.1, 0.15) is 0 Å². The van der Waals surface area contributed by atoms with E-state index < -0.39 is 0 Å². The standard InChI is InChI=1S/C19H19NO5S2/c1-22-16-8-12(19-26-6-7-27-19)2-4-14(16)23-10-18(21)20-13-3-5-15-17(9-13)25-11-24-15/h2-5,8-9,19H,6-7,10-11H2,1H3,(H,20,21). The van der Waals surface area contributed by atoms with Gasteiger partial charge < -0.3 is 24.3 Å². The van der Waals surface area contributed by atoms with Gasteiger partial charge in [0, 0.05) is 23.3 Å². The molecule has 27 heavy (non-hydrogen) atoms. The molecule has 0 spiro atoms. The topological polar surface area (TPSA) is 66.0 Å². The highest BCUT2D eigenvalue weighted by Gasteiger charge is 2.20. The summed E-state index contributed by atoms with van der Waals surface area (Å²) >= 11 is 3.86. The van der Waals surface area contributed by atoms with Crippen molar-refractivity contribution in [3.8, 4) is 23.0 Å². The zero-order valence-electron chi connectivity index (χ0n) is 14.7. The average molecular weight is 405 g/mol. The van der Waals surface area contributed by atoms with Crippen LogP contribution in [-0.2, 0) is 4.79 Å². The number of anilines is 1. The minimum absolute atomic E-state index is 0.114. The maximum absolute atomic E-state index is 12.2. The van der Waals surface area contributed by atoms with Gasteiger partial charge in [0.05, 0.1) is 11.7 Å². The molecule has 0 radical (unpaired) electrons. The molecule has 1 amide bonds. The molecule has 0 aromatic heterocycles. The van der Waals surface area contributed by atoms with Gasteiger partial charge in [-0.2, -0.15) is 0 Å². The van der Waals surface area contributed by atoms with Gasteiger partial charge in [0.2, 0.25) is 6.79 Å². The van der Waals surface area contributed by atoms with E-state index in [1.54, 1.807) is 25.3 Å². The molecule has 6 nitrogen and oxygen atoms in total. The molecular formula is C19H19NO5S2. The van der Waals surface area contributed by atoms with E-state index in [-0.39, 0.29) is 19.3 Å². The summed E-state index contributed by atoms with van der Waals surface area (Å²) in [7, 11) is 1.60. The Hall–Kier alpha value is -2.19. The number of hydrogen-bond donors (Lipinski definition) is 1. The largest absolute Gasteiger partial charge is 0.493 e. The molecule has 0 saturated carbocycles. The van der Waals surface area contributed by atoms with Crippen molar-refractivity contribution in [3.63, 3.8) is 0 Å². The van der Waals surface area contributed by atoms with Crippen LogP contribution in [0.1, 0.15) is 10.1 Å². The molecule has 1 N–H and O–H groups in total. The van der Waals surface area contributed by atoms with Gasteiger partial charge in [-0.15, -0.1) is 23.5 Å². The van der Waals surface area contributed by atoms with Crippen LogP contribution >= 0.6 is 23.5 Å². The summed E-state index contributed by atoms with van der Waals surface area (Å²) < 4.78 is 22.1. The molecule has 0 aliphatic carbocycles. The van der Waals surface area contributed by atoms with Crippen molar-refractivity contribution in [2.45, 2.75) is 4.58 Å². The fraction of sp³-hybridized carbons (Fsp3) is 0.316. The van der Waals surface area contributed by atoms with Gasteiger partial charge in [-0.05, 0) is 29.8 Å². The first-order valence-corrected chi connectivity index (χ1v) is 10.6. The van der Waals surface area contributed by atoms with Crippen LogP contribution < -0.4 is 24.3 Å². The summed E-state index contributed by atoms with van der Waals surface area (Å²) in [4.78, 5) is 12.2. The van der Waals surface area contributed by atoms with Crippen LogP contribution in [0.3, 0.4) is 0 Å². The van der Waals surface area contributed by atoms with E-state index in [0.29, 0.717) is 33.3 Å². The summed E-state index contributed by atoms with van der Waals surface area (Å²) in [6.45, 7) is 0.0839. The molecule has 2 aliphatic rings. The maximum atomic E-state index is 12.2. The number of thioether (sulfide) groups is 2. The monoisotopic (exact) mass is 405 g/mol. The number of methoxy groups -OCH3 is 1.